The molecular formula is C19H27FN2O2. The first kappa shape index (κ1) is 17.4. The molecule has 0 bridgehead atoms. The van der Waals surface area contributed by atoms with Crippen LogP contribution in [-0.2, 0) is 4.79 Å². The van der Waals surface area contributed by atoms with Gasteiger partial charge in [0.15, 0.2) is 0 Å². The number of nitrogens with one attached hydrogen (secondary N) is 1. The molecule has 0 amide bonds. The van der Waals surface area contributed by atoms with E-state index in [9.17, 15) is 9.18 Å². The van der Waals surface area contributed by atoms with Gasteiger partial charge in [-0.2, -0.15) is 0 Å². The quantitative estimate of drug-likeness (QED) is 0.805. The number of aliphatic carboxylic acids is 1. The van der Waals surface area contributed by atoms with E-state index in [1.54, 1.807) is 12.1 Å². The molecule has 2 atom stereocenters. The van der Waals surface area contributed by atoms with Gasteiger partial charge < -0.3 is 10.4 Å². The molecule has 0 radical (unpaired) electrons. The third kappa shape index (κ3) is 4.14. The summed E-state index contributed by atoms with van der Waals surface area (Å²) in [6, 6.07) is 8.36. The molecule has 2 saturated carbocycles. The minimum absolute atomic E-state index is 0.143. The van der Waals surface area contributed by atoms with Crippen LogP contribution in [0.15, 0.2) is 24.3 Å². The first-order valence-electron chi connectivity index (χ1n) is 9.02. The van der Waals surface area contributed by atoms with E-state index >= 15 is 0 Å². The van der Waals surface area contributed by atoms with Crippen molar-refractivity contribution >= 4 is 5.97 Å². The van der Waals surface area contributed by atoms with E-state index in [2.05, 4.69) is 10.2 Å². The van der Waals surface area contributed by atoms with Crippen molar-refractivity contribution in [2.45, 2.75) is 63.1 Å². The van der Waals surface area contributed by atoms with Crippen LogP contribution in [0.4, 0.5) is 4.39 Å². The molecule has 3 rings (SSSR count). The second-order valence-corrected chi connectivity index (χ2v) is 7.20. The van der Waals surface area contributed by atoms with Gasteiger partial charge in [0, 0.05) is 18.1 Å². The summed E-state index contributed by atoms with van der Waals surface area (Å²) in [4.78, 5) is 12.9. The number of hydrogen-bond donors (Lipinski definition) is 2. The first-order valence-corrected chi connectivity index (χ1v) is 9.02. The largest absolute Gasteiger partial charge is 0.480 e. The monoisotopic (exact) mass is 334 g/mol. The Hall–Kier alpha value is -1.46. The number of nitrogens with zero attached hydrogens (tertiary/aromatic N) is 1. The first-order chi connectivity index (χ1) is 11.5. The molecule has 2 aliphatic rings. The maximum atomic E-state index is 13.0. The summed E-state index contributed by atoms with van der Waals surface area (Å²) in [5.41, 5.74) is 1.24. The minimum atomic E-state index is -0.744. The second-order valence-electron chi connectivity index (χ2n) is 7.20. The zero-order valence-corrected chi connectivity index (χ0v) is 14.2. The van der Waals surface area contributed by atoms with Gasteiger partial charge in [0.1, 0.15) is 5.82 Å². The van der Waals surface area contributed by atoms with Crippen molar-refractivity contribution < 1.29 is 14.3 Å². The smallest absolute Gasteiger partial charge is 0.317 e. The lowest BCUT2D eigenvalue weighted by Gasteiger charge is -2.43. The van der Waals surface area contributed by atoms with E-state index in [-0.39, 0.29) is 12.4 Å². The number of carboxylic acid groups (broad SMARTS) is 1. The summed E-state index contributed by atoms with van der Waals surface area (Å²) in [6.45, 7) is 2.96. The van der Waals surface area contributed by atoms with Gasteiger partial charge in [0.25, 0.3) is 0 Å². The third-order valence-electron chi connectivity index (χ3n) is 5.62. The highest BCUT2D eigenvalue weighted by Crippen LogP contribution is 2.36. The Balaban J connectivity index is 1.42. The summed E-state index contributed by atoms with van der Waals surface area (Å²) in [7, 11) is 0. The van der Waals surface area contributed by atoms with Crippen LogP contribution >= 0.6 is 0 Å². The number of likely N-dealkylation sites (N-methyl/N-ethyl adjacent to an activating group) is 1. The zero-order valence-electron chi connectivity index (χ0n) is 14.2. The summed E-state index contributed by atoms with van der Waals surface area (Å²) in [5, 5.41) is 12.7. The van der Waals surface area contributed by atoms with Gasteiger partial charge in [-0.05, 0) is 62.3 Å². The van der Waals surface area contributed by atoms with E-state index in [0.29, 0.717) is 24.0 Å². The molecule has 0 spiro atoms. The molecule has 4 nitrogen and oxygen atoms in total. The van der Waals surface area contributed by atoms with Crippen molar-refractivity contribution in [2.75, 3.05) is 13.1 Å². The summed E-state index contributed by atoms with van der Waals surface area (Å²) < 4.78 is 13.0. The van der Waals surface area contributed by atoms with Gasteiger partial charge >= 0.3 is 5.97 Å². The Morgan fingerprint density at radius 1 is 1.21 bits per heavy atom. The van der Waals surface area contributed by atoms with E-state index in [1.165, 1.54) is 5.56 Å². The van der Waals surface area contributed by atoms with Gasteiger partial charge in [0.2, 0.25) is 0 Å². The number of rotatable bonds is 7. The molecule has 2 unspecified atom stereocenters. The lowest BCUT2D eigenvalue weighted by atomic mass is 9.84. The maximum absolute atomic E-state index is 13.0. The summed E-state index contributed by atoms with van der Waals surface area (Å²) >= 11 is 0. The minimum Gasteiger partial charge on any atom is -0.480 e. The number of halogens is 1. The average molecular weight is 334 g/mol. The molecule has 2 aliphatic carbocycles. The van der Waals surface area contributed by atoms with Crippen molar-refractivity contribution in [1.82, 2.24) is 10.2 Å². The highest BCUT2D eigenvalue weighted by atomic mass is 19.1. The van der Waals surface area contributed by atoms with Crippen LogP contribution in [0.1, 0.15) is 50.5 Å². The van der Waals surface area contributed by atoms with Crippen LogP contribution in [0.3, 0.4) is 0 Å². The van der Waals surface area contributed by atoms with Crippen LogP contribution in [-0.4, -0.2) is 47.2 Å². The molecule has 1 aromatic carbocycles. The Morgan fingerprint density at radius 3 is 2.54 bits per heavy atom. The molecule has 0 heterocycles. The Labute approximate surface area is 143 Å². The number of carbonyl (C=O) groups is 1. The van der Waals surface area contributed by atoms with Crippen molar-refractivity contribution in [1.29, 1.82) is 0 Å². The van der Waals surface area contributed by atoms with Crippen molar-refractivity contribution in [3.8, 4) is 0 Å². The molecule has 0 saturated heterocycles. The predicted octanol–water partition coefficient (Wildman–Crippen LogP) is 2.99. The molecule has 2 N–H and O–H groups in total. The Kier molecular flexibility index (Phi) is 5.51. The molecule has 1 aromatic rings. The van der Waals surface area contributed by atoms with Gasteiger partial charge in [-0.25, -0.2) is 4.39 Å². The van der Waals surface area contributed by atoms with Crippen LogP contribution in [0.25, 0.3) is 0 Å². The Morgan fingerprint density at radius 2 is 1.92 bits per heavy atom. The highest BCUT2D eigenvalue weighted by molar-refractivity contribution is 5.69. The van der Waals surface area contributed by atoms with Gasteiger partial charge in [-0.1, -0.05) is 19.1 Å². The van der Waals surface area contributed by atoms with Crippen molar-refractivity contribution in [3.05, 3.63) is 35.6 Å². The Bertz CT molecular complexity index is 557. The lowest BCUT2D eigenvalue weighted by molar-refractivity contribution is -0.139. The normalized spacial score (nSPS) is 29.6. The number of benzene rings is 1. The van der Waals surface area contributed by atoms with E-state index in [4.69, 9.17) is 5.11 Å². The molecule has 0 aromatic heterocycles. The van der Waals surface area contributed by atoms with Crippen molar-refractivity contribution in [3.63, 3.8) is 0 Å². The molecule has 5 heteroatoms. The average Bonchev–Trinajstić information content (AvgIpc) is 2.97. The van der Waals surface area contributed by atoms with Crippen LogP contribution in [0, 0.1) is 5.82 Å². The van der Waals surface area contributed by atoms with Crippen LogP contribution in [0.5, 0.6) is 0 Å². The molecule has 24 heavy (non-hydrogen) atoms. The predicted molar refractivity (Wildman–Crippen MR) is 91.6 cm³/mol. The van der Waals surface area contributed by atoms with E-state index in [0.717, 1.165) is 38.6 Å². The fraction of sp³-hybridized carbons (Fsp3) is 0.632. The molecule has 132 valence electrons. The standard InChI is InChI=1S/C19H27FN2O2/c1-2-22(12-19(23)24)18-10-17(11-18)21-16-8-5-14(9-16)13-3-6-15(20)7-4-13/h3-4,6-7,14,16-18,21H,2,5,8-12H2,1H3,(H,23,24). The summed E-state index contributed by atoms with van der Waals surface area (Å²) in [5.74, 6) is -0.391. The van der Waals surface area contributed by atoms with Gasteiger partial charge in [0.05, 0.1) is 6.54 Å². The van der Waals surface area contributed by atoms with Gasteiger partial charge in [-0.3, -0.25) is 9.69 Å². The number of hydrogen-bond acceptors (Lipinski definition) is 3. The SMILES string of the molecule is CCN(CC(=O)O)C1CC(NC2CCC(c3ccc(F)cc3)C2)C1. The zero-order chi connectivity index (χ0) is 17.1. The van der Waals surface area contributed by atoms with E-state index in [1.807, 2.05) is 19.1 Å². The van der Waals surface area contributed by atoms with Crippen LogP contribution in [0.2, 0.25) is 0 Å². The fourth-order valence-electron chi connectivity index (χ4n) is 4.20. The van der Waals surface area contributed by atoms with Crippen molar-refractivity contribution in [2.24, 2.45) is 0 Å². The van der Waals surface area contributed by atoms with E-state index < -0.39 is 5.97 Å². The van der Waals surface area contributed by atoms with Crippen LogP contribution < -0.4 is 5.32 Å². The second kappa shape index (κ2) is 7.62. The summed E-state index contributed by atoms with van der Waals surface area (Å²) in [6.07, 6.45) is 5.51. The molecule has 0 aliphatic heterocycles. The topological polar surface area (TPSA) is 52.6 Å². The third-order valence-corrected chi connectivity index (χ3v) is 5.62. The fourth-order valence-corrected chi connectivity index (χ4v) is 4.20. The highest BCUT2D eigenvalue weighted by Gasteiger charge is 2.36. The molecular weight excluding hydrogens is 307 g/mol. The maximum Gasteiger partial charge on any atom is 0.317 e. The number of carboxylic acids is 1. The lowest BCUT2D eigenvalue weighted by Crippen LogP contribution is -2.55. The van der Waals surface area contributed by atoms with Gasteiger partial charge in [-0.15, -0.1) is 0 Å². The molecule has 2 fully saturated rings.